The number of rotatable bonds is 5. The molecule has 0 atom stereocenters. The molecule has 0 radical (unpaired) electrons. The predicted octanol–water partition coefficient (Wildman–Crippen LogP) is 1.74. The summed E-state index contributed by atoms with van der Waals surface area (Å²) in [5.74, 6) is 0.293. The Labute approximate surface area is 137 Å². The molecule has 0 saturated carbocycles. The zero-order valence-corrected chi connectivity index (χ0v) is 12.8. The van der Waals surface area contributed by atoms with Crippen LogP contribution in [0.15, 0.2) is 48.5 Å². The highest BCUT2D eigenvalue weighted by atomic mass is 19.1. The summed E-state index contributed by atoms with van der Waals surface area (Å²) in [6.07, 6.45) is 0. The van der Waals surface area contributed by atoms with Crippen LogP contribution in [0.5, 0.6) is 5.75 Å². The predicted molar refractivity (Wildman–Crippen MR) is 83.3 cm³/mol. The lowest BCUT2D eigenvalue weighted by Crippen LogP contribution is -2.24. The third-order valence-electron chi connectivity index (χ3n) is 3.33. The third-order valence-corrected chi connectivity index (χ3v) is 3.33. The van der Waals surface area contributed by atoms with Crippen LogP contribution >= 0.6 is 0 Å². The molecule has 0 aliphatic heterocycles. The number of nitrogens with zero attached hydrogens (tertiary/aromatic N) is 4. The summed E-state index contributed by atoms with van der Waals surface area (Å²) in [5.41, 5.74) is 0.935. The van der Waals surface area contributed by atoms with Gasteiger partial charge in [0, 0.05) is 5.56 Å². The van der Waals surface area contributed by atoms with Crippen molar-refractivity contribution >= 4 is 5.91 Å². The molecule has 8 heteroatoms. The fraction of sp³-hybridized carbons (Fsp3) is 0.125. The molecule has 3 aromatic rings. The first-order chi connectivity index (χ1) is 11.7. The quantitative estimate of drug-likeness (QED) is 0.772. The van der Waals surface area contributed by atoms with Gasteiger partial charge in [-0.2, -0.15) is 4.68 Å². The van der Waals surface area contributed by atoms with Gasteiger partial charge in [0.2, 0.25) is 0 Å². The second-order valence-corrected chi connectivity index (χ2v) is 4.90. The van der Waals surface area contributed by atoms with Gasteiger partial charge in [-0.1, -0.05) is 12.1 Å². The molecule has 0 aliphatic rings. The lowest BCUT2D eigenvalue weighted by atomic mass is 10.2. The third kappa shape index (κ3) is 3.37. The Morgan fingerprint density at radius 3 is 2.88 bits per heavy atom. The minimum absolute atomic E-state index is 0.0968. The number of methoxy groups -OCH3 is 1. The van der Waals surface area contributed by atoms with E-state index in [0.717, 1.165) is 0 Å². The van der Waals surface area contributed by atoms with E-state index in [0.29, 0.717) is 22.8 Å². The standard InChI is InChI=1S/C16H14FN5O2/c1-24-14-7-2-4-11(8-14)16(23)18-10-15-19-20-21-22(15)13-6-3-5-12(17)9-13/h2-9H,10H2,1H3,(H,18,23). The van der Waals surface area contributed by atoms with Gasteiger partial charge < -0.3 is 10.1 Å². The maximum Gasteiger partial charge on any atom is 0.251 e. The number of nitrogens with one attached hydrogen (secondary N) is 1. The summed E-state index contributed by atoms with van der Waals surface area (Å²) in [6, 6.07) is 12.7. The minimum Gasteiger partial charge on any atom is -0.497 e. The van der Waals surface area contributed by atoms with Gasteiger partial charge in [0.25, 0.3) is 5.91 Å². The molecular formula is C16H14FN5O2. The van der Waals surface area contributed by atoms with Crippen LogP contribution in [0.4, 0.5) is 4.39 Å². The summed E-state index contributed by atoms with van der Waals surface area (Å²) >= 11 is 0. The van der Waals surface area contributed by atoms with Gasteiger partial charge in [0.15, 0.2) is 5.82 Å². The lowest BCUT2D eigenvalue weighted by Gasteiger charge is -2.07. The van der Waals surface area contributed by atoms with Crippen molar-refractivity contribution < 1.29 is 13.9 Å². The molecule has 7 nitrogen and oxygen atoms in total. The number of hydrogen-bond donors (Lipinski definition) is 1. The molecule has 0 bridgehead atoms. The van der Waals surface area contributed by atoms with Crippen molar-refractivity contribution in [1.29, 1.82) is 0 Å². The van der Waals surface area contributed by atoms with Gasteiger partial charge in [0.05, 0.1) is 19.3 Å². The fourth-order valence-corrected chi connectivity index (χ4v) is 2.15. The van der Waals surface area contributed by atoms with Gasteiger partial charge in [0.1, 0.15) is 11.6 Å². The van der Waals surface area contributed by atoms with Crippen LogP contribution in [-0.2, 0) is 6.54 Å². The molecule has 1 N–H and O–H groups in total. The molecule has 1 aromatic heterocycles. The van der Waals surface area contributed by atoms with Crippen LogP contribution in [0, 0.1) is 5.82 Å². The van der Waals surface area contributed by atoms with E-state index in [9.17, 15) is 9.18 Å². The van der Waals surface area contributed by atoms with Crippen LogP contribution in [-0.4, -0.2) is 33.2 Å². The molecule has 0 spiro atoms. The van der Waals surface area contributed by atoms with E-state index < -0.39 is 5.82 Å². The largest absolute Gasteiger partial charge is 0.497 e. The number of ether oxygens (including phenoxy) is 1. The second-order valence-electron chi connectivity index (χ2n) is 4.90. The zero-order valence-electron chi connectivity index (χ0n) is 12.8. The highest BCUT2D eigenvalue weighted by Gasteiger charge is 2.12. The number of amides is 1. The Bertz CT molecular complexity index is 865. The number of carbonyl (C=O) groups is 1. The summed E-state index contributed by atoms with van der Waals surface area (Å²) < 4.78 is 19.8. The minimum atomic E-state index is -0.394. The van der Waals surface area contributed by atoms with E-state index in [1.54, 1.807) is 36.4 Å². The van der Waals surface area contributed by atoms with Crippen LogP contribution < -0.4 is 10.1 Å². The smallest absolute Gasteiger partial charge is 0.251 e. The van der Waals surface area contributed by atoms with Gasteiger partial charge in [-0.25, -0.2) is 4.39 Å². The van der Waals surface area contributed by atoms with E-state index in [1.165, 1.54) is 23.9 Å². The topological polar surface area (TPSA) is 81.9 Å². The van der Waals surface area contributed by atoms with E-state index in [4.69, 9.17) is 4.74 Å². The molecule has 0 fully saturated rings. The molecule has 1 amide bonds. The first-order valence-electron chi connectivity index (χ1n) is 7.13. The van der Waals surface area contributed by atoms with Crippen molar-refractivity contribution in [2.45, 2.75) is 6.54 Å². The van der Waals surface area contributed by atoms with E-state index >= 15 is 0 Å². The second kappa shape index (κ2) is 6.86. The number of tetrazole rings is 1. The van der Waals surface area contributed by atoms with Crippen LogP contribution in [0.3, 0.4) is 0 Å². The molecule has 122 valence electrons. The van der Waals surface area contributed by atoms with Crippen molar-refractivity contribution in [3.05, 3.63) is 65.7 Å². The number of hydrogen-bond acceptors (Lipinski definition) is 5. The Hall–Kier alpha value is -3.29. The highest BCUT2D eigenvalue weighted by molar-refractivity contribution is 5.94. The molecule has 3 rings (SSSR count). The van der Waals surface area contributed by atoms with Gasteiger partial charge in [-0.15, -0.1) is 5.10 Å². The first kappa shape index (κ1) is 15.6. The molecule has 0 unspecified atom stereocenters. The number of carbonyl (C=O) groups excluding carboxylic acids is 1. The maximum atomic E-state index is 13.3. The van der Waals surface area contributed by atoms with Crippen LogP contribution in [0.25, 0.3) is 5.69 Å². The van der Waals surface area contributed by atoms with Crippen molar-refractivity contribution in [3.8, 4) is 11.4 Å². The Morgan fingerprint density at radius 2 is 2.08 bits per heavy atom. The summed E-state index contributed by atoms with van der Waals surface area (Å²) in [6.45, 7) is 0.0968. The summed E-state index contributed by atoms with van der Waals surface area (Å²) in [5, 5.41) is 14.0. The molecule has 1 heterocycles. The normalized spacial score (nSPS) is 10.4. The van der Waals surface area contributed by atoms with Crippen LogP contribution in [0.1, 0.15) is 16.2 Å². The van der Waals surface area contributed by atoms with E-state index in [2.05, 4.69) is 20.8 Å². The van der Waals surface area contributed by atoms with Crippen molar-refractivity contribution in [2.24, 2.45) is 0 Å². The Kier molecular flexibility index (Phi) is 4.46. The van der Waals surface area contributed by atoms with Crippen molar-refractivity contribution in [3.63, 3.8) is 0 Å². The van der Waals surface area contributed by atoms with E-state index in [1.807, 2.05) is 0 Å². The first-order valence-corrected chi connectivity index (χ1v) is 7.13. The average molecular weight is 327 g/mol. The molecule has 2 aromatic carbocycles. The monoisotopic (exact) mass is 327 g/mol. The summed E-state index contributed by atoms with van der Waals surface area (Å²) in [4.78, 5) is 12.2. The average Bonchev–Trinajstić information content (AvgIpc) is 3.08. The molecule has 24 heavy (non-hydrogen) atoms. The Balaban J connectivity index is 1.73. The zero-order chi connectivity index (χ0) is 16.9. The van der Waals surface area contributed by atoms with Gasteiger partial charge in [-0.05, 0) is 46.8 Å². The van der Waals surface area contributed by atoms with E-state index in [-0.39, 0.29) is 12.5 Å². The molecule has 0 aliphatic carbocycles. The number of halogens is 1. The fourth-order valence-electron chi connectivity index (χ4n) is 2.15. The number of benzene rings is 2. The summed E-state index contributed by atoms with van der Waals surface area (Å²) in [7, 11) is 1.53. The highest BCUT2D eigenvalue weighted by Crippen LogP contribution is 2.13. The van der Waals surface area contributed by atoms with Gasteiger partial charge >= 0.3 is 0 Å². The maximum absolute atomic E-state index is 13.3. The van der Waals surface area contributed by atoms with Crippen molar-refractivity contribution in [2.75, 3.05) is 7.11 Å². The van der Waals surface area contributed by atoms with Crippen molar-refractivity contribution in [1.82, 2.24) is 25.5 Å². The van der Waals surface area contributed by atoms with Gasteiger partial charge in [-0.3, -0.25) is 4.79 Å². The lowest BCUT2D eigenvalue weighted by molar-refractivity contribution is 0.0949. The molecule has 0 saturated heterocycles. The number of aromatic nitrogens is 4. The molecular weight excluding hydrogens is 313 g/mol. The Morgan fingerprint density at radius 1 is 1.25 bits per heavy atom. The SMILES string of the molecule is COc1cccc(C(=O)NCc2nnnn2-c2cccc(F)c2)c1. The van der Waals surface area contributed by atoms with Crippen LogP contribution in [0.2, 0.25) is 0 Å².